The summed E-state index contributed by atoms with van der Waals surface area (Å²) < 4.78 is 38.0. The van der Waals surface area contributed by atoms with Gasteiger partial charge in [-0.2, -0.15) is 13.2 Å². The number of benzene rings is 1. The van der Waals surface area contributed by atoms with Crippen molar-refractivity contribution >= 4 is 35.2 Å². The second kappa shape index (κ2) is 9.70. The fourth-order valence-electron chi connectivity index (χ4n) is 3.16. The number of thioether (sulfide) groups is 1. The Morgan fingerprint density at radius 2 is 2.00 bits per heavy atom. The molecule has 0 bridgehead atoms. The summed E-state index contributed by atoms with van der Waals surface area (Å²) in [5.74, 6) is -0.0457. The molecule has 1 aromatic carbocycles. The van der Waals surface area contributed by atoms with Crippen LogP contribution in [0.2, 0.25) is 5.02 Å². The number of aromatic nitrogens is 1. The quantitative estimate of drug-likeness (QED) is 0.520. The molecule has 3 rings (SSSR count). The van der Waals surface area contributed by atoms with Crippen LogP contribution in [0.4, 0.5) is 13.2 Å². The number of likely N-dealkylation sites (tertiary alicyclic amines) is 1. The molecule has 1 aliphatic heterocycles. The molecule has 1 aromatic heterocycles. The first-order valence-electron chi connectivity index (χ1n) is 9.26. The molecule has 1 saturated heterocycles. The summed E-state index contributed by atoms with van der Waals surface area (Å²) in [5, 5.41) is 2.96. The SMILES string of the molecule is O=C(NCCSc1ncc(C(F)(F)F)cc1Cl)[C@@H]1CCCN1C(=O)c1ccccc1. The fraction of sp³-hybridized carbons (Fsp3) is 0.350. The van der Waals surface area contributed by atoms with Crippen molar-refractivity contribution in [2.45, 2.75) is 30.1 Å². The highest BCUT2D eigenvalue weighted by molar-refractivity contribution is 7.99. The molecule has 2 heterocycles. The Bertz CT molecular complexity index is 912. The lowest BCUT2D eigenvalue weighted by Crippen LogP contribution is -2.46. The van der Waals surface area contributed by atoms with Gasteiger partial charge in [0.1, 0.15) is 11.1 Å². The predicted octanol–water partition coefficient (Wildman–Crippen LogP) is 4.27. The summed E-state index contributed by atoms with van der Waals surface area (Å²) in [5.41, 5.74) is -0.370. The number of halogens is 4. The molecule has 2 aromatic rings. The van der Waals surface area contributed by atoms with Gasteiger partial charge in [-0.25, -0.2) is 4.98 Å². The van der Waals surface area contributed by atoms with Crippen molar-refractivity contribution in [3.05, 3.63) is 58.7 Å². The molecule has 160 valence electrons. The minimum Gasteiger partial charge on any atom is -0.353 e. The summed E-state index contributed by atoms with van der Waals surface area (Å²) in [4.78, 5) is 30.5. The lowest BCUT2D eigenvalue weighted by Gasteiger charge is -2.24. The number of carbonyl (C=O) groups is 2. The van der Waals surface area contributed by atoms with Gasteiger partial charge >= 0.3 is 6.18 Å². The second-order valence-electron chi connectivity index (χ2n) is 6.67. The third kappa shape index (κ3) is 5.46. The number of pyridine rings is 1. The van der Waals surface area contributed by atoms with Crippen LogP contribution < -0.4 is 5.32 Å². The van der Waals surface area contributed by atoms with E-state index in [-0.39, 0.29) is 28.4 Å². The number of rotatable bonds is 6. The van der Waals surface area contributed by atoms with Gasteiger partial charge in [0.05, 0.1) is 10.6 Å². The molecule has 10 heteroatoms. The van der Waals surface area contributed by atoms with E-state index in [2.05, 4.69) is 10.3 Å². The van der Waals surface area contributed by atoms with Crippen LogP contribution in [0.15, 0.2) is 47.6 Å². The van der Waals surface area contributed by atoms with Crippen LogP contribution in [0.3, 0.4) is 0 Å². The highest BCUT2D eigenvalue weighted by atomic mass is 35.5. The Morgan fingerprint density at radius 3 is 2.67 bits per heavy atom. The van der Waals surface area contributed by atoms with Gasteiger partial charge in [-0.15, -0.1) is 11.8 Å². The standard InChI is InChI=1S/C20H19ClF3N3O2S/c21-15-11-14(20(22,23)24)12-26-18(15)30-10-8-25-17(28)16-7-4-9-27(16)19(29)13-5-2-1-3-6-13/h1-3,5-6,11-12,16H,4,7-10H2,(H,25,28)/t16-/m0/s1. The van der Waals surface area contributed by atoms with Gasteiger partial charge < -0.3 is 10.2 Å². The summed E-state index contributed by atoms with van der Waals surface area (Å²) >= 11 is 7.03. The first-order chi connectivity index (χ1) is 14.3. The zero-order chi connectivity index (χ0) is 21.7. The maximum atomic E-state index is 12.7. The van der Waals surface area contributed by atoms with Gasteiger partial charge in [-0.1, -0.05) is 29.8 Å². The van der Waals surface area contributed by atoms with Crippen LogP contribution in [0.5, 0.6) is 0 Å². The molecule has 0 spiro atoms. The molecule has 0 unspecified atom stereocenters. The zero-order valence-electron chi connectivity index (χ0n) is 15.8. The van der Waals surface area contributed by atoms with Crippen molar-refractivity contribution in [2.24, 2.45) is 0 Å². The Kier molecular flexibility index (Phi) is 7.25. The van der Waals surface area contributed by atoms with Gasteiger partial charge in [0.2, 0.25) is 5.91 Å². The third-order valence-corrected chi connectivity index (χ3v) is 6.02. The number of hydrogen-bond acceptors (Lipinski definition) is 4. The highest BCUT2D eigenvalue weighted by Gasteiger charge is 2.34. The second-order valence-corrected chi connectivity index (χ2v) is 8.16. The maximum absolute atomic E-state index is 12.7. The minimum absolute atomic E-state index is 0.0865. The highest BCUT2D eigenvalue weighted by Crippen LogP contribution is 2.33. The fourth-order valence-corrected chi connectivity index (χ4v) is 4.21. The van der Waals surface area contributed by atoms with Crippen LogP contribution >= 0.6 is 23.4 Å². The minimum atomic E-state index is -4.50. The first-order valence-corrected chi connectivity index (χ1v) is 10.6. The van der Waals surface area contributed by atoms with Gasteiger partial charge in [-0.05, 0) is 31.0 Å². The van der Waals surface area contributed by atoms with Crippen LogP contribution in [-0.2, 0) is 11.0 Å². The Morgan fingerprint density at radius 1 is 1.27 bits per heavy atom. The van der Waals surface area contributed by atoms with E-state index >= 15 is 0 Å². The number of nitrogens with zero attached hydrogens (tertiary/aromatic N) is 2. The van der Waals surface area contributed by atoms with Crippen molar-refractivity contribution in [3.63, 3.8) is 0 Å². The molecule has 2 amide bonds. The number of nitrogens with one attached hydrogen (secondary N) is 1. The van der Waals surface area contributed by atoms with E-state index in [0.717, 1.165) is 30.4 Å². The molecule has 1 fully saturated rings. The lowest BCUT2D eigenvalue weighted by molar-refractivity contribution is -0.137. The Balaban J connectivity index is 1.50. The van der Waals surface area contributed by atoms with E-state index in [9.17, 15) is 22.8 Å². The van der Waals surface area contributed by atoms with E-state index in [1.54, 1.807) is 29.2 Å². The average molecular weight is 458 g/mol. The molecule has 0 saturated carbocycles. The lowest BCUT2D eigenvalue weighted by atomic mass is 10.1. The van der Waals surface area contributed by atoms with E-state index in [4.69, 9.17) is 11.6 Å². The zero-order valence-corrected chi connectivity index (χ0v) is 17.4. The third-order valence-electron chi connectivity index (χ3n) is 4.61. The van der Waals surface area contributed by atoms with Crippen LogP contribution in [0.1, 0.15) is 28.8 Å². The normalized spacial score (nSPS) is 16.5. The summed E-state index contributed by atoms with van der Waals surface area (Å²) in [7, 11) is 0. The van der Waals surface area contributed by atoms with E-state index in [1.165, 1.54) is 0 Å². The van der Waals surface area contributed by atoms with Crippen molar-refractivity contribution in [1.82, 2.24) is 15.2 Å². The van der Waals surface area contributed by atoms with Crippen LogP contribution in [-0.4, -0.2) is 46.6 Å². The number of hydrogen-bond donors (Lipinski definition) is 1. The topological polar surface area (TPSA) is 62.3 Å². The molecule has 0 radical (unpaired) electrons. The monoisotopic (exact) mass is 457 g/mol. The van der Waals surface area contributed by atoms with Crippen molar-refractivity contribution in [1.29, 1.82) is 0 Å². The van der Waals surface area contributed by atoms with Crippen molar-refractivity contribution < 1.29 is 22.8 Å². The van der Waals surface area contributed by atoms with E-state index in [0.29, 0.717) is 24.3 Å². The average Bonchev–Trinajstić information content (AvgIpc) is 3.21. The van der Waals surface area contributed by atoms with Gasteiger partial charge in [-0.3, -0.25) is 9.59 Å². The molecule has 1 atom stereocenters. The summed E-state index contributed by atoms with van der Waals surface area (Å²) in [6.07, 6.45) is -2.43. The first kappa shape index (κ1) is 22.4. The smallest absolute Gasteiger partial charge is 0.353 e. The molecular weight excluding hydrogens is 439 g/mol. The van der Waals surface area contributed by atoms with Crippen molar-refractivity contribution in [2.75, 3.05) is 18.8 Å². The number of amides is 2. The Hall–Kier alpha value is -2.26. The Labute approximate surface area is 181 Å². The van der Waals surface area contributed by atoms with E-state index in [1.807, 2.05) is 6.07 Å². The van der Waals surface area contributed by atoms with Crippen molar-refractivity contribution in [3.8, 4) is 0 Å². The molecular formula is C20H19ClF3N3O2S. The largest absolute Gasteiger partial charge is 0.417 e. The van der Waals surface area contributed by atoms with Gasteiger partial charge in [0.15, 0.2) is 0 Å². The summed E-state index contributed by atoms with van der Waals surface area (Å²) in [6, 6.07) is 9.10. The van der Waals surface area contributed by atoms with E-state index < -0.39 is 17.8 Å². The molecule has 30 heavy (non-hydrogen) atoms. The van der Waals surface area contributed by atoms with Gasteiger partial charge in [0.25, 0.3) is 5.91 Å². The van der Waals surface area contributed by atoms with Crippen LogP contribution in [0, 0.1) is 0 Å². The molecule has 1 aliphatic rings. The number of carbonyl (C=O) groups excluding carboxylic acids is 2. The number of alkyl halides is 3. The molecule has 0 aliphatic carbocycles. The maximum Gasteiger partial charge on any atom is 0.417 e. The molecule has 1 N–H and O–H groups in total. The van der Waals surface area contributed by atoms with Gasteiger partial charge in [0, 0.05) is 30.6 Å². The van der Waals surface area contributed by atoms with Crippen LogP contribution in [0.25, 0.3) is 0 Å². The molecule has 5 nitrogen and oxygen atoms in total. The predicted molar refractivity (Wildman–Crippen MR) is 108 cm³/mol. The summed E-state index contributed by atoms with van der Waals surface area (Å²) in [6.45, 7) is 0.790.